The summed E-state index contributed by atoms with van der Waals surface area (Å²) in [5.41, 5.74) is 4.73. The van der Waals surface area contributed by atoms with Gasteiger partial charge < -0.3 is 9.47 Å². The Balaban J connectivity index is 1.12. The monoisotopic (exact) mass is 510 g/mol. The third-order valence-corrected chi connectivity index (χ3v) is 6.35. The number of ketones is 2. The molecule has 4 aromatic carbocycles. The summed E-state index contributed by atoms with van der Waals surface area (Å²) >= 11 is 4.60. The van der Waals surface area contributed by atoms with Crippen molar-refractivity contribution in [2.24, 2.45) is 0 Å². The summed E-state index contributed by atoms with van der Waals surface area (Å²) in [6.07, 6.45) is 0.762. The van der Waals surface area contributed by atoms with Gasteiger partial charge in [0.1, 0.15) is 0 Å². The van der Waals surface area contributed by atoms with E-state index >= 15 is 0 Å². The number of benzene rings is 4. The topological polar surface area (TPSA) is 52.6 Å². The molecular formula is C32H30O4S. The van der Waals surface area contributed by atoms with Crippen LogP contribution >= 0.6 is 12.6 Å². The number of hydrogen-bond donors (Lipinski definition) is 1. The Morgan fingerprint density at radius 2 is 0.973 bits per heavy atom. The van der Waals surface area contributed by atoms with Gasteiger partial charge in [0, 0.05) is 34.1 Å². The third-order valence-electron chi connectivity index (χ3n) is 5.95. The molecule has 0 aromatic heterocycles. The molecule has 0 fully saturated rings. The van der Waals surface area contributed by atoms with Gasteiger partial charge in [0.05, 0.1) is 19.8 Å². The van der Waals surface area contributed by atoms with Crippen LogP contribution in [0.5, 0.6) is 0 Å². The molecule has 0 radical (unpaired) electrons. The van der Waals surface area contributed by atoms with Crippen molar-refractivity contribution in [3.8, 4) is 0 Å². The van der Waals surface area contributed by atoms with Crippen LogP contribution in [0, 0.1) is 0 Å². The van der Waals surface area contributed by atoms with Crippen molar-refractivity contribution >= 4 is 24.2 Å². The van der Waals surface area contributed by atoms with E-state index in [1.807, 2.05) is 109 Å². The molecule has 4 nitrogen and oxygen atoms in total. The van der Waals surface area contributed by atoms with Crippen molar-refractivity contribution in [1.29, 1.82) is 0 Å². The Morgan fingerprint density at radius 1 is 0.568 bits per heavy atom. The van der Waals surface area contributed by atoms with Gasteiger partial charge in [-0.15, -0.1) is 0 Å². The van der Waals surface area contributed by atoms with E-state index in [1.165, 1.54) is 0 Å². The second kappa shape index (κ2) is 13.7. The van der Waals surface area contributed by atoms with Gasteiger partial charge in [-0.2, -0.15) is 12.6 Å². The SMILES string of the molecule is O=C(c1ccccc1)c1ccc(COCCC(S)COCc2ccc(C(=O)c3ccccc3)cc2)cc1. The Labute approximate surface area is 223 Å². The van der Waals surface area contributed by atoms with E-state index in [0.717, 1.165) is 17.5 Å². The summed E-state index contributed by atoms with van der Waals surface area (Å²) in [5, 5.41) is 0.0600. The highest BCUT2D eigenvalue weighted by Crippen LogP contribution is 2.14. The normalized spacial score (nSPS) is 11.7. The summed E-state index contributed by atoms with van der Waals surface area (Å²) in [5.74, 6) is 0.0303. The highest BCUT2D eigenvalue weighted by atomic mass is 32.1. The van der Waals surface area contributed by atoms with Crippen molar-refractivity contribution in [1.82, 2.24) is 0 Å². The Kier molecular flexibility index (Phi) is 9.83. The van der Waals surface area contributed by atoms with Crippen LogP contribution in [0.15, 0.2) is 109 Å². The van der Waals surface area contributed by atoms with Gasteiger partial charge in [-0.05, 0) is 17.5 Å². The summed E-state index contributed by atoms with van der Waals surface area (Å²) in [7, 11) is 0. The summed E-state index contributed by atoms with van der Waals surface area (Å²) < 4.78 is 11.6. The molecule has 1 atom stereocenters. The fourth-order valence-corrected chi connectivity index (χ4v) is 4.03. The number of carbonyl (C=O) groups excluding carboxylic acids is 2. The van der Waals surface area contributed by atoms with E-state index in [9.17, 15) is 9.59 Å². The van der Waals surface area contributed by atoms with Crippen molar-refractivity contribution in [2.45, 2.75) is 24.9 Å². The predicted molar refractivity (Wildman–Crippen MR) is 149 cm³/mol. The van der Waals surface area contributed by atoms with Crippen LogP contribution in [-0.2, 0) is 22.7 Å². The quantitative estimate of drug-likeness (QED) is 0.126. The molecule has 0 bridgehead atoms. The molecular weight excluding hydrogens is 480 g/mol. The van der Waals surface area contributed by atoms with E-state index in [4.69, 9.17) is 9.47 Å². The molecule has 0 aliphatic heterocycles. The van der Waals surface area contributed by atoms with Gasteiger partial charge in [0.2, 0.25) is 0 Å². The van der Waals surface area contributed by atoms with Crippen LogP contribution in [-0.4, -0.2) is 30.0 Å². The fourth-order valence-electron chi connectivity index (χ4n) is 3.82. The maximum Gasteiger partial charge on any atom is 0.193 e. The summed E-state index contributed by atoms with van der Waals surface area (Å²) in [6, 6.07) is 33.6. The smallest absolute Gasteiger partial charge is 0.193 e. The molecule has 0 aliphatic rings. The van der Waals surface area contributed by atoms with Crippen molar-refractivity contribution in [2.75, 3.05) is 13.2 Å². The molecule has 188 valence electrons. The Hall–Kier alpha value is -3.51. The lowest BCUT2D eigenvalue weighted by Gasteiger charge is -2.12. The molecule has 37 heavy (non-hydrogen) atoms. The van der Waals surface area contributed by atoms with Crippen LogP contribution in [0.2, 0.25) is 0 Å². The van der Waals surface area contributed by atoms with Crippen LogP contribution in [0.25, 0.3) is 0 Å². The van der Waals surface area contributed by atoms with Gasteiger partial charge >= 0.3 is 0 Å². The van der Waals surface area contributed by atoms with E-state index < -0.39 is 0 Å². The molecule has 0 heterocycles. The largest absolute Gasteiger partial charge is 0.377 e. The molecule has 0 saturated heterocycles. The zero-order valence-electron chi connectivity index (χ0n) is 20.6. The Morgan fingerprint density at radius 3 is 1.43 bits per heavy atom. The predicted octanol–water partition coefficient (Wildman–Crippen LogP) is 6.57. The van der Waals surface area contributed by atoms with E-state index in [-0.39, 0.29) is 16.8 Å². The first-order valence-electron chi connectivity index (χ1n) is 12.3. The average Bonchev–Trinajstić information content (AvgIpc) is 2.96. The summed E-state index contributed by atoms with van der Waals surface area (Å²) in [6.45, 7) is 2.02. The first-order chi connectivity index (χ1) is 18.1. The standard InChI is InChI=1S/C32H30O4S/c33-31(26-7-3-1-4-8-26)28-15-11-24(12-16-28)21-35-20-19-30(37)23-36-22-25-13-17-29(18-14-25)32(34)27-9-5-2-6-10-27/h1-18,30,37H,19-23H2. The van der Waals surface area contributed by atoms with Gasteiger partial charge in [0.15, 0.2) is 11.6 Å². The maximum atomic E-state index is 12.5. The van der Waals surface area contributed by atoms with Crippen LogP contribution in [0.1, 0.15) is 49.4 Å². The second-order valence-corrected chi connectivity index (χ2v) is 9.52. The first kappa shape index (κ1) is 26.6. The Bertz CT molecular complexity index is 1270. The number of thiol groups is 1. The molecule has 0 amide bonds. The first-order valence-corrected chi connectivity index (χ1v) is 12.8. The van der Waals surface area contributed by atoms with Crippen LogP contribution < -0.4 is 0 Å². The highest BCUT2D eigenvalue weighted by Gasteiger charge is 2.10. The minimum atomic E-state index is 0.0140. The summed E-state index contributed by atoms with van der Waals surface area (Å²) in [4.78, 5) is 25.0. The number of carbonyl (C=O) groups is 2. The lowest BCUT2D eigenvalue weighted by molar-refractivity contribution is 0.0933. The van der Waals surface area contributed by atoms with Gasteiger partial charge in [-0.3, -0.25) is 9.59 Å². The molecule has 0 saturated carbocycles. The van der Waals surface area contributed by atoms with E-state index in [2.05, 4.69) is 12.6 Å². The number of hydrogen-bond acceptors (Lipinski definition) is 5. The maximum absolute atomic E-state index is 12.5. The second-order valence-electron chi connectivity index (χ2n) is 8.79. The van der Waals surface area contributed by atoms with Crippen LogP contribution in [0.4, 0.5) is 0 Å². The van der Waals surface area contributed by atoms with Gasteiger partial charge in [-0.1, -0.05) is 109 Å². The number of ether oxygens (including phenoxy) is 2. The minimum absolute atomic E-state index is 0.0140. The zero-order chi connectivity index (χ0) is 25.9. The van der Waals surface area contributed by atoms with Gasteiger partial charge in [0.25, 0.3) is 0 Å². The minimum Gasteiger partial charge on any atom is -0.377 e. The molecule has 1 unspecified atom stereocenters. The molecule has 0 spiro atoms. The third kappa shape index (κ3) is 7.99. The molecule has 5 heteroatoms. The molecule has 0 N–H and O–H groups in total. The van der Waals surface area contributed by atoms with Crippen molar-refractivity contribution in [3.05, 3.63) is 143 Å². The molecule has 4 rings (SSSR count). The van der Waals surface area contributed by atoms with E-state index in [0.29, 0.717) is 48.7 Å². The lowest BCUT2D eigenvalue weighted by atomic mass is 10.0. The molecule has 0 aliphatic carbocycles. The molecule has 4 aromatic rings. The van der Waals surface area contributed by atoms with E-state index in [1.54, 1.807) is 0 Å². The van der Waals surface area contributed by atoms with Gasteiger partial charge in [-0.25, -0.2) is 0 Å². The van der Waals surface area contributed by atoms with Crippen molar-refractivity contribution < 1.29 is 19.1 Å². The van der Waals surface area contributed by atoms with Crippen molar-refractivity contribution in [3.63, 3.8) is 0 Å². The highest BCUT2D eigenvalue weighted by molar-refractivity contribution is 7.81. The van der Waals surface area contributed by atoms with Crippen LogP contribution in [0.3, 0.4) is 0 Å². The average molecular weight is 511 g/mol. The number of rotatable bonds is 13. The lowest BCUT2D eigenvalue weighted by Crippen LogP contribution is -2.12. The fraction of sp³-hybridized carbons (Fsp3) is 0.188. The zero-order valence-corrected chi connectivity index (χ0v) is 21.5.